The zero-order chi connectivity index (χ0) is 22.9. The number of esters is 4. The maximum absolute atomic E-state index is 12.3. The van der Waals surface area contributed by atoms with Gasteiger partial charge in [-0.05, 0) is 5.92 Å². The van der Waals surface area contributed by atoms with Gasteiger partial charge in [0.25, 0.3) is 0 Å². The lowest BCUT2D eigenvalue weighted by atomic mass is 10.0. The van der Waals surface area contributed by atoms with Gasteiger partial charge in [-0.2, -0.15) is 0 Å². The third-order valence-corrected chi connectivity index (χ3v) is 4.22. The first-order valence-electron chi connectivity index (χ1n) is 9.53. The lowest BCUT2D eigenvalue weighted by Crippen LogP contribution is -2.58. The Labute approximate surface area is 176 Å². The highest BCUT2D eigenvalue weighted by molar-refractivity contribution is 5.70. The minimum atomic E-state index is -1.31. The highest BCUT2D eigenvalue weighted by Crippen LogP contribution is 2.25. The number of hydrogen-bond acceptors (Lipinski definition) is 9. The van der Waals surface area contributed by atoms with Gasteiger partial charge in [0.05, 0.1) is 33.7 Å². The Kier molecular flexibility index (Phi) is 9.75. The summed E-state index contributed by atoms with van der Waals surface area (Å²) in [5, 5.41) is 0. The van der Waals surface area contributed by atoms with Gasteiger partial charge < -0.3 is 28.2 Å². The fourth-order valence-corrected chi connectivity index (χ4v) is 2.98. The Morgan fingerprint density at radius 1 is 0.967 bits per heavy atom. The SMILES string of the molecule is C#CC[N+](C)(C)CCCC(=O)O[C@H]1OC[C@@H](OC(C)=O)[C@H](OC(C)=O)[C@H]1OC(C)=O. The number of hydrogen-bond donors (Lipinski definition) is 0. The molecule has 0 N–H and O–H groups in total. The molecule has 1 aliphatic heterocycles. The topological polar surface area (TPSA) is 114 Å². The van der Waals surface area contributed by atoms with Crippen molar-refractivity contribution in [2.45, 2.75) is 58.2 Å². The summed E-state index contributed by atoms with van der Waals surface area (Å²) < 4.78 is 26.8. The Balaban J connectivity index is 2.84. The molecule has 0 bridgehead atoms. The summed E-state index contributed by atoms with van der Waals surface area (Å²) in [6.07, 6.45) is 1.12. The van der Waals surface area contributed by atoms with E-state index in [1.807, 2.05) is 14.1 Å². The van der Waals surface area contributed by atoms with E-state index in [-0.39, 0.29) is 13.0 Å². The first kappa shape index (κ1) is 25.4. The van der Waals surface area contributed by atoms with Crippen LogP contribution in [0.15, 0.2) is 0 Å². The van der Waals surface area contributed by atoms with E-state index < -0.39 is 48.5 Å². The molecule has 0 amide bonds. The molecule has 4 atom stereocenters. The van der Waals surface area contributed by atoms with Gasteiger partial charge in [0.15, 0.2) is 12.2 Å². The molecule has 0 aliphatic carbocycles. The fourth-order valence-electron chi connectivity index (χ4n) is 2.98. The highest BCUT2D eigenvalue weighted by atomic mass is 16.7. The van der Waals surface area contributed by atoms with E-state index in [2.05, 4.69) is 5.92 Å². The fraction of sp³-hybridized carbons (Fsp3) is 0.700. The van der Waals surface area contributed by atoms with Crippen molar-refractivity contribution in [2.24, 2.45) is 0 Å². The van der Waals surface area contributed by atoms with Gasteiger partial charge in [0.2, 0.25) is 12.4 Å². The molecule has 0 aromatic rings. The summed E-state index contributed by atoms with van der Waals surface area (Å²) in [6, 6.07) is 0. The molecule has 0 spiro atoms. The number of ether oxygens (including phenoxy) is 5. The monoisotopic (exact) mass is 428 g/mol. The van der Waals surface area contributed by atoms with Gasteiger partial charge in [-0.1, -0.05) is 0 Å². The molecule has 10 heteroatoms. The second-order valence-electron chi connectivity index (χ2n) is 7.61. The maximum atomic E-state index is 12.3. The molecule has 0 aromatic heterocycles. The van der Waals surface area contributed by atoms with Crippen molar-refractivity contribution < 1.29 is 47.3 Å². The Morgan fingerprint density at radius 2 is 1.53 bits per heavy atom. The predicted octanol–water partition coefficient (Wildman–Crippen LogP) is 0.171. The molecular formula is C20H30NO9+. The summed E-state index contributed by atoms with van der Waals surface area (Å²) in [7, 11) is 3.90. The number of terminal acetylenes is 1. The first-order valence-corrected chi connectivity index (χ1v) is 9.53. The number of rotatable bonds is 9. The summed E-state index contributed by atoms with van der Waals surface area (Å²) in [6.45, 7) is 4.45. The molecule has 0 saturated carbocycles. The highest BCUT2D eigenvalue weighted by Gasteiger charge is 2.48. The van der Waals surface area contributed by atoms with Crippen molar-refractivity contribution in [2.75, 3.05) is 33.8 Å². The van der Waals surface area contributed by atoms with Crippen molar-refractivity contribution in [3.8, 4) is 12.3 Å². The van der Waals surface area contributed by atoms with E-state index in [0.717, 1.165) is 13.8 Å². The number of nitrogens with zero attached hydrogens (tertiary/aromatic N) is 1. The zero-order valence-electron chi connectivity index (χ0n) is 18.0. The lowest BCUT2D eigenvalue weighted by Gasteiger charge is -2.39. The van der Waals surface area contributed by atoms with Gasteiger partial charge >= 0.3 is 23.9 Å². The standard InChI is InChI=1S/C20H30NO9/c1-7-10-21(5,6)11-8-9-17(25)30-20-19(29-15(4)24)18(28-14(3)23)16(12-26-20)27-13(2)22/h1,16,18-20H,8-12H2,2-6H3/q+1/t16-,18+,19-,20-/m1/s1. The third-order valence-electron chi connectivity index (χ3n) is 4.22. The molecule has 1 aliphatic rings. The molecule has 0 aromatic carbocycles. The number of quaternary nitrogens is 1. The second kappa shape index (κ2) is 11.5. The quantitative estimate of drug-likeness (QED) is 0.219. The maximum Gasteiger partial charge on any atom is 0.308 e. The normalized spacial score (nSPS) is 23.6. The summed E-state index contributed by atoms with van der Waals surface area (Å²) in [5.74, 6) is -0.0231. The van der Waals surface area contributed by atoms with Crippen LogP contribution in [0.5, 0.6) is 0 Å². The van der Waals surface area contributed by atoms with Crippen LogP contribution >= 0.6 is 0 Å². The summed E-state index contributed by atoms with van der Waals surface area (Å²) >= 11 is 0. The lowest BCUT2D eigenvalue weighted by molar-refractivity contribution is -0.883. The minimum absolute atomic E-state index is 0.0878. The average Bonchev–Trinajstić information content (AvgIpc) is 2.58. The molecular weight excluding hydrogens is 398 g/mol. The number of carbonyl (C=O) groups excluding carboxylic acids is 4. The van der Waals surface area contributed by atoms with Crippen molar-refractivity contribution >= 4 is 23.9 Å². The Bertz CT molecular complexity index is 682. The molecule has 168 valence electrons. The number of carbonyl (C=O) groups is 4. The van der Waals surface area contributed by atoms with Crippen molar-refractivity contribution in [3.05, 3.63) is 0 Å². The van der Waals surface area contributed by atoms with E-state index in [4.69, 9.17) is 30.1 Å². The second-order valence-corrected chi connectivity index (χ2v) is 7.61. The van der Waals surface area contributed by atoms with Crippen LogP contribution < -0.4 is 0 Å². The molecule has 1 fully saturated rings. The molecule has 1 rings (SSSR count). The Morgan fingerprint density at radius 3 is 2.07 bits per heavy atom. The van der Waals surface area contributed by atoms with E-state index in [1.54, 1.807) is 0 Å². The van der Waals surface area contributed by atoms with E-state index >= 15 is 0 Å². The first-order chi connectivity index (χ1) is 13.9. The van der Waals surface area contributed by atoms with Crippen LogP contribution in [-0.4, -0.2) is 86.8 Å². The largest absolute Gasteiger partial charge is 0.456 e. The van der Waals surface area contributed by atoms with Gasteiger partial charge in [-0.3, -0.25) is 19.2 Å². The summed E-state index contributed by atoms with van der Waals surface area (Å²) in [4.78, 5) is 46.7. The van der Waals surface area contributed by atoms with E-state index in [1.165, 1.54) is 6.92 Å². The molecule has 30 heavy (non-hydrogen) atoms. The van der Waals surface area contributed by atoms with Crippen LogP contribution in [0.2, 0.25) is 0 Å². The summed E-state index contributed by atoms with van der Waals surface area (Å²) in [5.41, 5.74) is 0. The third kappa shape index (κ3) is 8.80. The zero-order valence-corrected chi connectivity index (χ0v) is 18.0. The molecule has 0 radical (unpaired) electrons. The van der Waals surface area contributed by atoms with Crippen molar-refractivity contribution in [1.82, 2.24) is 0 Å². The Hall–Kier alpha value is -2.64. The molecule has 0 unspecified atom stereocenters. The average molecular weight is 428 g/mol. The smallest absolute Gasteiger partial charge is 0.308 e. The van der Waals surface area contributed by atoms with Crippen LogP contribution in [0.25, 0.3) is 0 Å². The minimum Gasteiger partial charge on any atom is -0.456 e. The van der Waals surface area contributed by atoms with Gasteiger partial charge in [0.1, 0.15) is 6.54 Å². The molecule has 1 saturated heterocycles. The van der Waals surface area contributed by atoms with Gasteiger partial charge in [-0.25, -0.2) is 0 Å². The van der Waals surface area contributed by atoms with E-state index in [0.29, 0.717) is 24.0 Å². The van der Waals surface area contributed by atoms with Gasteiger partial charge in [0, 0.05) is 27.2 Å². The van der Waals surface area contributed by atoms with Crippen molar-refractivity contribution in [1.29, 1.82) is 0 Å². The van der Waals surface area contributed by atoms with Gasteiger partial charge in [-0.15, -0.1) is 6.42 Å². The van der Waals surface area contributed by atoms with Crippen LogP contribution in [0.1, 0.15) is 33.6 Å². The van der Waals surface area contributed by atoms with Crippen molar-refractivity contribution in [3.63, 3.8) is 0 Å². The van der Waals surface area contributed by atoms with Crippen LogP contribution in [0.4, 0.5) is 0 Å². The van der Waals surface area contributed by atoms with Crippen LogP contribution in [0.3, 0.4) is 0 Å². The molecule has 1 heterocycles. The van der Waals surface area contributed by atoms with Crippen LogP contribution in [0, 0.1) is 12.3 Å². The van der Waals surface area contributed by atoms with E-state index in [9.17, 15) is 19.2 Å². The molecule has 10 nitrogen and oxygen atoms in total. The van der Waals surface area contributed by atoms with Crippen LogP contribution in [-0.2, 0) is 42.9 Å². The predicted molar refractivity (Wildman–Crippen MR) is 102 cm³/mol.